The Morgan fingerprint density at radius 3 is 2.58 bits per heavy atom. The molecular formula is C23H28N6O4. The van der Waals surface area contributed by atoms with Gasteiger partial charge >= 0.3 is 0 Å². The number of rotatable bonds is 6. The number of hydrogen-bond donors (Lipinski definition) is 2. The topological polar surface area (TPSA) is 117 Å². The first-order valence-electron chi connectivity index (χ1n) is 10.8. The number of nitrogens with zero attached hydrogens (tertiary/aromatic N) is 5. The normalized spacial score (nSPS) is 15.8. The van der Waals surface area contributed by atoms with Crippen molar-refractivity contribution in [3.63, 3.8) is 0 Å². The van der Waals surface area contributed by atoms with E-state index in [0.29, 0.717) is 17.6 Å². The number of anilines is 2. The van der Waals surface area contributed by atoms with Crippen molar-refractivity contribution in [3.05, 3.63) is 64.4 Å². The Hall–Kier alpha value is -3.66. The molecule has 0 spiro atoms. The van der Waals surface area contributed by atoms with Gasteiger partial charge in [-0.1, -0.05) is 35.5 Å². The Bertz CT molecular complexity index is 1150. The van der Waals surface area contributed by atoms with Gasteiger partial charge in [-0.25, -0.2) is 4.98 Å². The molecule has 4 rings (SSSR count). The van der Waals surface area contributed by atoms with Gasteiger partial charge in [-0.3, -0.25) is 14.2 Å². The maximum atomic E-state index is 12.8. The highest BCUT2D eigenvalue weighted by Crippen LogP contribution is 2.36. The number of benzene rings is 1. The van der Waals surface area contributed by atoms with E-state index in [0.717, 1.165) is 31.5 Å². The number of nitrogens with one attached hydrogen (secondary N) is 1. The summed E-state index contributed by atoms with van der Waals surface area (Å²) < 4.78 is 5.99. The minimum Gasteiger partial charge on any atom is -0.501 e. The molecule has 0 radical (unpaired) electrons. The predicted octanol–water partition coefficient (Wildman–Crippen LogP) is 2.25. The van der Waals surface area contributed by atoms with Crippen molar-refractivity contribution < 1.29 is 14.4 Å². The monoisotopic (exact) mass is 452 g/mol. The van der Waals surface area contributed by atoms with Crippen molar-refractivity contribution in [2.24, 2.45) is 13.0 Å². The molecule has 1 amide bonds. The molecule has 1 fully saturated rings. The second kappa shape index (κ2) is 9.45. The molecule has 10 nitrogen and oxygen atoms in total. The molecule has 1 unspecified atom stereocenters. The summed E-state index contributed by atoms with van der Waals surface area (Å²) in [5, 5.41) is 16.5. The van der Waals surface area contributed by atoms with Crippen LogP contribution in [-0.2, 0) is 7.05 Å². The van der Waals surface area contributed by atoms with Crippen LogP contribution in [0.2, 0.25) is 0 Å². The van der Waals surface area contributed by atoms with Crippen LogP contribution in [-0.4, -0.2) is 57.8 Å². The second-order valence-corrected chi connectivity index (χ2v) is 8.45. The van der Waals surface area contributed by atoms with E-state index in [-0.39, 0.29) is 11.7 Å². The van der Waals surface area contributed by atoms with Crippen LogP contribution < -0.4 is 15.8 Å². The van der Waals surface area contributed by atoms with Crippen LogP contribution in [0, 0.1) is 5.92 Å². The van der Waals surface area contributed by atoms with E-state index in [9.17, 15) is 14.7 Å². The molecule has 1 saturated heterocycles. The molecule has 10 heteroatoms. The average Bonchev–Trinajstić information content (AvgIpc) is 3.32. The molecule has 1 aliphatic heterocycles. The van der Waals surface area contributed by atoms with Gasteiger partial charge in [0.25, 0.3) is 11.5 Å². The zero-order chi connectivity index (χ0) is 23.5. The summed E-state index contributed by atoms with van der Waals surface area (Å²) in [5.41, 5.74) is 0.353. The minimum absolute atomic E-state index is 0.0588. The fourth-order valence-electron chi connectivity index (χ4n) is 4.44. The van der Waals surface area contributed by atoms with Crippen LogP contribution in [0.4, 0.5) is 11.6 Å². The van der Waals surface area contributed by atoms with E-state index >= 15 is 0 Å². The second-order valence-electron chi connectivity index (χ2n) is 8.45. The molecule has 0 bridgehead atoms. The number of carbonyl (C=O) groups is 1. The lowest BCUT2D eigenvalue weighted by Gasteiger charge is -2.40. The molecular weight excluding hydrogens is 424 g/mol. The van der Waals surface area contributed by atoms with Crippen LogP contribution in [0.25, 0.3) is 0 Å². The van der Waals surface area contributed by atoms with Crippen LogP contribution >= 0.6 is 0 Å². The molecule has 3 aromatic rings. The molecule has 0 saturated carbocycles. The lowest BCUT2D eigenvalue weighted by Crippen LogP contribution is -2.40. The van der Waals surface area contributed by atoms with Crippen molar-refractivity contribution >= 4 is 17.5 Å². The van der Waals surface area contributed by atoms with Gasteiger partial charge in [0.2, 0.25) is 11.7 Å². The number of likely N-dealkylation sites (tertiary alicyclic amines) is 1. The maximum Gasteiger partial charge on any atom is 0.297 e. The van der Waals surface area contributed by atoms with Crippen LogP contribution in [0.5, 0.6) is 5.75 Å². The smallest absolute Gasteiger partial charge is 0.297 e. The Morgan fingerprint density at radius 1 is 1.24 bits per heavy atom. The Balaban J connectivity index is 1.74. The molecule has 1 aliphatic rings. The highest BCUT2D eigenvalue weighted by molar-refractivity contribution is 6.04. The van der Waals surface area contributed by atoms with Crippen LogP contribution in [0.3, 0.4) is 0 Å². The fourth-order valence-corrected chi connectivity index (χ4v) is 4.44. The summed E-state index contributed by atoms with van der Waals surface area (Å²) in [7, 11) is 5.53. The number of aromatic hydroxyl groups is 1. The maximum absolute atomic E-state index is 12.8. The molecule has 3 heterocycles. The van der Waals surface area contributed by atoms with Gasteiger partial charge in [-0.2, -0.15) is 0 Å². The van der Waals surface area contributed by atoms with E-state index in [2.05, 4.69) is 39.5 Å². The summed E-state index contributed by atoms with van der Waals surface area (Å²) in [4.78, 5) is 34.3. The summed E-state index contributed by atoms with van der Waals surface area (Å²) >= 11 is 0. The molecule has 174 valence electrons. The molecule has 2 N–H and O–H groups in total. The third-order valence-corrected chi connectivity index (χ3v) is 6.23. The minimum atomic E-state index is -0.724. The Morgan fingerprint density at radius 2 is 1.94 bits per heavy atom. The number of hydrogen-bond acceptors (Lipinski definition) is 8. The van der Waals surface area contributed by atoms with Crippen molar-refractivity contribution in [1.29, 1.82) is 0 Å². The number of carbonyl (C=O) groups excluding carboxylic acids is 1. The van der Waals surface area contributed by atoms with Crippen molar-refractivity contribution in [2.75, 3.05) is 37.4 Å². The zero-order valence-electron chi connectivity index (χ0n) is 18.9. The standard InChI is InChI=1S/C23H28N6O4/c1-27-11-9-16(10-12-27)19(15-7-5-4-6-8-15)28(2)23-26-18(20(30)22(32)29(23)3)21(31)25-17-13-24-33-14-17/h4-8,13-14,16,19,30H,9-12H2,1-3H3,(H,25,31). The summed E-state index contributed by atoms with van der Waals surface area (Å²) in [6.07, 6.45) is 4.55. The number of piperidine rings is 1. The van der Waals surface area contributed by atoms with Crippen LogP contribution in [0.15, 0.2) is 52.1 Å². The van der Waals surface area contributed by atoms with Gasteiger partial charge in [0, 0.05) is 14.1 Å². The van der Waals surface area contributed by atoms with Crippen LogP contribution in [0.1, 0.15) is 34.9 Å². The quantitative estimate of drug-likeness (QED) is 0.585. The third-order valence-electron chi connectivity index (χ3n) is 6.23. The zero-order valence-corrected chi connectivity index (χ0v) is 18.9. The van der Waals surface area contributed by atoms with Gasteiger partial charge in [0.1, 0.15) is 12.0 Å². The van der Waals surface area contributed by atoms with E-state index in [1.165, 1.54) is 17.0 Å². The van der Waals surface area contributed by atoms with E-state index in [4.69, 9.17) is 4.52 Å². The van der Waals surface area contributed by atoms with Crippen molar-refractivity contribution in [2.45, 2.75) is 18.9 Å². The van der Waals surface area contributed by atoms with E-state index < -0.39 is 17.2 Å². The summed E-state index contributed by atoms with van der Waals surface area (Å²) in [6.45, 7) is 1.96. The van der Waals surface area contributed by atoms with Gasteiger partial charge in [-0.05, 0) is 44.5 Å². The molecule has 1 aromatic carbocycles. The summed E-state index contributed by atoms with van der Waals surface area (Å²) in [6, 6.07) is 10.0. The lowest BCUT2D eigenvalue weighted by atomic mass is 9.84. The largest absolute Gasteiger partial charge is 0.501 e. The predicted molar refractivity (Wildman–Crippen MR) is 123 cm³/mol. The molecule has 33 heavy (non-hydrogen) atoms. The fraction of sp³-hybridized carbons (Fsp3) is 0.391. The van der Waals surface area contributed by atoms with Crippen molar-refractivity contribution in [1.82, 2.24) is 19.6 Å². The van der Waals surface area contributed by atoms with Gasteiger partial charge in [0.05, 0.1) is 12.2 Å². The third kappa shape index (κ3) is 4.61. The first kappa shape index (κ1) is 22.5. The first-order chi connectivity index (χ1) is 15.9. The van der Waals surface area contributed by atoms with Gasteiger partial charge in [-0.15, -0.1) is 0 Å². The average molecular weight is 453 g/mol. The number of aromatic nitrogens is 3. The SMILES string of the molecule is CN1CCC(C(c2ccccc2)N(C)c2nc(C(=O)Nc3cnoc3)c(O)c(=O)n2C)CC1. The molecule has 2 aromatic heterocycles. The van der Waals surface area contributed by atoms with Gasteiger partial charge < -0.3 is 24.7 Å². The molecule has 0 aliphatic carbocycles. The highest BCUT2D eigenvalue weighted by Gasteiger charge is 2.32. The summed E-state index contributed by atoms with van der Waals surface area (Å²) in [5.74, 6) is -0.813. The first-order valence-corrected chi connectivity index (χ1v) is 10.8. The van der Waals surface area contributed by atoms with E-state index in [1.54, 1.807) is 7.05 Å². The lowest BCUT2D eigenvalue weighted by molar-refractivity contribution is 0.101. The van der Waals surface area contributed by atoms with Gasteiger partial charge in [0.15, 0.2) is 5.69 Å². The Labute approximate surface area is 191 Å². The Kier molecular flexibility index (Phi) is 6.45. The molecule has 1 atom stereocenters. The highest BCUT2D eigenvalue weighted by atomic mass is 16.5. The van der Waals surface area contributed by atoms with Crippen molar-refractivity contribution in [3.8, 4) is 5.75 Å². The number of amides is 1. The van der Waals surface area contributed by atoms with E-state index in [1.807, 2.05) is 30.1 Å².